The Hall–Kier alpha value is -2.35. The number of ether oxygens (including phenoxy) is 1. The van der Waals surface area contributed by atoms with Gasteiger partial charge in [-0.25, -0.2) is 0 Å². The molecule has 1 spiro atoms. The molecule has 26 heavy (non-hydrogen) atoms. The van der Waals surface area contributed by atoms with Crippen molar-refractivity contribution in [3.05, 3.63) is 64.2 Å². The topological polar surface area (TPSA) is 57.4 Å². The van der Waals surface area contributed by atoms with Gasteiger partial charge in [0, 0.05) is 23.7 Å². The highest BCUT2D eigenvalue weighted by atomic mass is 35.5. The number of benzene rings is 2. The second-order valence-electron chi connectivity index (χ2n) is 6.94. The van der Waals surface area contributed by atoms with Crippen molar-refractivity contribution in [3.8, 4) is 6.07 Å². The van der Waals surface area contributed by atoms with E-state index in [1.807, 2.05) is 36.4 Å². The zero-order valence-electron chi connectivity index (χ0n) is 14.5. The number of hydrogen-bond acceptors (Lipinski definition) is 3. The molecule has 0 aliphatic carbocycles. The molecular formula is C21H20ClN3O. The predicted octanol–water partition coefficient (Wildman–Crippen LogP) is 4.58. The Morgan fingerprint density at radius 1 is 1.19 bits per heavy atom. The van der Waals surface area contributed by atoms with Crippen molar-refractivity contribution in [2.45, 2.75) is 25.8 Å². The van der Waals surface area contributed by atoms with E-state index in [1.165, 1.54) is 5.56 Å². The van der Waals surface area contributed by atoms with Gasteiger partial charge in [0.15, 0.2) is 0 Å². The minimum atomic E-state index is -0.0437. The maximum Gasteiger partial charge on any atom is 0.108 e. The average Bonchev–Trinajstić information content (AvgIpc) is 2.66. The third kappa shape index (κ3) is 3.21. The van der Waals surface area contributed by atoms with Gasteiger partial charge in [0.1, 0.15) is 11.9 Å². The molecule has 0 aromatic heterocycles. The third-order valence-corrected chi connectivity index (χ3v) is 5.54. The molecule has 0 radical (unpaired) electrons. The molecule has 4 nitrogen and oxygen atoms in total. The summed E-state index contributed by atoms with van der Waals surface area (Å²) in [7, 11) is 0. The van der Waals surface area contributed by atoms with Crippen LogP contribution in [0.3, 0.4) is 0 Å². The molecule has 2 aromatic carbocycles. The molecule has 0 atom stereocenters. The van der Waals surface area contributed by atoms with Gasteiger partial charge >= 0.3 is 0 Å². The Labute approximate surface area is 158 Å². The van der Waals surface area contributed by atoms with Crippen LogP contribution < -0.4 is 5.32 Å². The highest BCUT2D eigenvalue weighted by Gasteiger charge is 2.42. The van der Waals surface area contributed by atoms with Crippen molar-refractivity contribution < 1.29 is 4.74 Å². The fraction of sp³-hybridized carbons (Fsp3) is 0.333. The summed E-state index contributed by atoms with van der Waals surface area (Å²) in [6, 6.07) is 16.0. The monoisotopic (exact) mass is 365 g/mol. The summed E-state index contributed by atoms with van der Waals surface area (Å²) in [5, 5.41) is 13.7. The van der Waals surface area contributed by atoms with E-state index in [9.17, 15) is 5.26 Å². The van der Waals surface area contributed by atoms with E-state index in [-0.39, 0.29) is 5.41 Å². The number of hydrogen-bond donors (Lipinski definition) is 1. The lowest BCUT2D eigenvalue weighted by Crippen LogP contribution is -2.46. The number of nitrogens with one attached hydrogen (secondary N) is 1. The molecule has 0 bridgehead atoms. The molecule has 4 rings (SSSR count). The molecule has 2 heterocycles. The van der Waals surface area contributed by atoms with Crippen LogP contribution in [0.15, 0.2) is 47.5 Å². The number of nitriles is 1. The number of nitrogens with zero attached hydrogens (tertiary/aromatic N) is 2. The second-order valence-corrected chi connectivity index (χ2v) is 7.38. The van der Waals surface area contributed by atoms with Crippen LogP contribution in [-0.4, -0.2) is 19.0 Å². The first-order valence-electron chi connectivity index (χ1n) is 8.86. The van der Waals surface area contributed by atoms with Gasteiger partial charge in [-0.05, 0) is 48.6 Å². The van der Waals surface area contributed by atoms with Crippen LogP contribution in [0.2, 0.25) is 5.02 Å². The molecule has 0 amide bonds. The first kappa shape index (κ1) is 17.1. The van der Waals surface area contributed by atoms with Crippen molar-refractivity contribution in [1.29, 1.82) is 5.26 Å². The molecule has 1 fully saturated rings. The van der Waals surface area contributed by atoms with E-state index < -0.39 is 0 Å². The van der Waals surface area contributed by atoms with Gasteiger partial charge in [0.05, 0.1) is 17.8 Å². The Morgan fingerprint density at radius 2 is 2.00 bits per heavy atom. The second kappa shape index (κ2) is 7.11. The number of halogens is 1. The van der Waals surface area contributed by atoms with E-state index in [0.29, 0.717) is 12.1 Å². The number of anilines is 1. The summed E-state index contributed by atoms with van der Waals surface area (Å²) < 4.78 is 5.60. The fourth-order valence-corrected chi connectivity index (χ4v) is 4.09. The van der Waals surface area contributed by atoms with Crippen LogP contribution >= 0.6 is 11.6 Å². The summed E-state index contributed by atoms with van der Waals surface area (Å²) in [5.74, 6) is 0.968. The molecular weight excluding hydrogens is 346 g/mol. The number of rotatable bonds is 2. The predicted molar refractivity (Wildman–Crippen MR) is 104 cm³/mol. The van der Waals surface area contributed by atoms with E-state index in [4.69, 9.17) is 21.3 Å². The van der Waals surface area contributed by atoms with Crippen LogP contribution in [0.5, 0.6) is 0 Å². The first-order chi connectivity index (χ1) is 12.7. The van der Waals surface area contributed by atoms with Crippen molar-refractivity contribution >= 4 is 23.1 Å². The maximum atomic E-state index is 9.46. The van der Waals surface area contributed by atoms with Crippen molar-refractivity contribution in [3.63, 3.8) is 0 Å². The van der Waals surface area contributed by atoms with Gasteiger partial charge in [-0.3, -0.25) is 4.99 Å². The Kier molecular flexibility index (Phi) is 4.67. The van der Waals surface area contributed by atoms with Crippen molar-refractivity contribution in [1.82, 2.24) is 0 Å². The van der Waals surface area contributed by atoms with Crippen molar-refractivity contribution in [2.75, 3.05) is 18.5 Å². The molecule has 1 N–H and O–H groups in total. The summed E-state index contributed by atoms with van der Waals surface area (Å²) in [4.78, 5) is 4.93. The molecule has 2 aromatic rings. The van der Waals surface area contributed by atoms with Crippen LogP contribution in [-0.2, 0) is 17.7 Å². The fourth-order valence-electron chi connectivity index (χ4n) is 3.88. The average molecular weight is 366 g/mol. The third-order valence-electron chi connectivity index (χ3n) is 5.30. The maximum absolute atomic E-state index is 9.46. The highest BCUT2D eigenvalue weighted by Crippen LogP contribution is 2.42. The van der Waals surface area contributed by atoms with Crippen molar-refractivity contribution in [2.24, 2.45) is 10.4 Å². The van der Waals surface area contributed by atoms with Gasteiger partial charge in [0.2, 0.25) is 0 Å². The van der Waals surface area contributed by atoms with Gasteiger partial charge in [-0.15, -0.1) is 0 Å². The summed E-state index contributed by atoms with van der Waals surface area (Å²) in [5.41, 5.74) is 3.79. The smallest absolute Gasteiger partial charge is 0.108 e. The summed E-state index contributed by atoms with van der Waals surface area (Å²) in [6.07, 6.45) is 2.76. The zero-order chi connectivity index (χ0) is 18.0. The quantitative estimate of drug-likeness (QED) is 0.847. The molecule has 2 aliphatic rings. The summed E-state index contributed by atoms with van der Waals surface area (Å²) >= 11 is 6.10. The Balaban J connectivity index is 1.72. The SMILES string of the molecule is N#Cc1cccc2c1NC(=NCc1cccc(Cl)c1)C1(CCOCC1)C2. The molecule has 0 unspecified atom stereocenters. The van der Waals surface area contributed by atoms with Gasteiger partial charge in [-0.2, -0.15) is 5.26 Å². The van der Waals surface area contributed by atoms with Gasteiger partial charge in [-0.1, -0.05) is 35.9 Å². The van der Waals surface area contributed by atoms with E-state index in [1.54, 1.807) is 0 Å². The lowest BCUT2D eigenvalue weighted by atomic mass is 9.71. The van der Waals surface area contributed by atoms with E-state index in [2.05, 4.69) is 17.5 Å². The van der Waals surface area contributed by atoms with Gasteiger partial charge in [0.25, 0.3) is 0 Å². The van der Waals surface area contributed by atoms with E-state index in [0.717, 1.165) is 54.6 Å². The number of para-hydroxylation sites is 1. The lowest BCUT2D eigenvalue weighted by Gasteiger charge is -2.42. The molecule has 1 saturated heterocycles. The lowest BCUT2D eigenvalue weighted by molar-refractivity contribution is 0.0448. The minimum absolute atomic E-state index is 0.0437. The largest absolute Gasteiger partial charge is 0.381 e. The number of aliphatic imine (C=N–C) groups is 1. The van der Waals surface area contributed by atoms with Crippen LogP contribution in [0, 0.1) is 16.7 Å². The molecule has 132 valence electrons. The first-order valence-corrected chi connectivity index (χ1v) is 9.24. The van der Waals surface area contributed by atoms with Crippen LogP contribution in [0.1, 0.15) is 29.5 Å². The molecule has 0 saturated carbocycles. The standard InChI is InChI=1S/C21H20ClN3O/c22-18-6-1-3-15(11-18)14-24-20-21(7-9-26-10-8-21)12-16-4-2-5-17(13-23)19(16)25-20/h1-6,11H,7-10,12,14H2,(H,24,25). The summed E-state index contributed by atoms with van der Waals surface area (Å²) in [6.45, 7) is 2.05. The normalized spacial score (nSPS) is 19.6. The van der Waals surface area contributed by atoms with Crippen LogP contribution in [0.4, 0.5) is 5.69 Å². The minimum Gasteiger partial charge on any atom is -0.381 e. The van der Waals surface area contributed by atoms with Gasteiger partial charge < -0.3 is 10.1 Å². The molecule has 5 heteroatoms. The van der Waals surface area contributed by atoms with Crippen LogP contribution in [0.25, 0.3) is 0 Å². The molecule has 2 aliphatic heterocycles. The van der Waals surface area contributed by atoms with E-state index >= 15 is 0 Å². The zero-order valence-corrected chi connectivity index (χ0v) is 15.2. The number of amidine groups is 1. The number of fused-ring (bicyclic) bond motifs is 1. The highest BCUT2D eigenvalue weighted by molar-refractivity contribution is 6.30. The Morgan fingerprint density at radius 3 is 2.77 bits per heavy atom. The Bertz CT molecular complexity index is 894.